The summed E-state index contributed by atoms with van der Waals surface area (Å²) in [5, 5.41) is 6.18. The number of rotatable bonds is 7. The van der Waals surface area contributed by atoms with Crippen molar-refractivity contribution < 1.29 is 14.3 Å². The van der Waals surface area contributed by atoms with Gasteiger partial charge in [0.15, 0.2) is 4.34 Å². The van der Waals surface area contributed by atoms with E-state index in [1.807, 2.05) is 30.3 Å². The smallest absolute Gasteiger partial charge is 0.256 e. The van der Waals surface area contributed by atoms with Gasteiger partial charge < -0.3 is 15.4 Å². The molecular formula is C20H19N3O3S2. The Morgan fingerprint density at radius 1 is 1.11 bits per heavy atom. The van der Waals surface area contributed by atoms with Gasteiger partial charge >= 0.3 is 0 Å². The molecule has 0 saturated carbocycles. The van der Waals surface area contributed by atoms with Crippen molar-refractivity contribution >= 4 is 39.9 Å². The summed E-state index contributed by atoms with van der Waals surface area (Å²) in [7, 11) is 3.18. The van der Waals surface area contributed by atoms with Crippen molar-refractivity contribution in [2.45, 2.75) is 4.34 Å². The van der Waals surface area contributed by atoms with Gasteiger partial charge in [-0.15, -0.1) is 0 Å². The summed E-state index contributed by atoms with van der Waals surface area (Å²) in [6, 6.07) is 16.5. The molecule has 8 heteroatoms. The summed E-state index contributed by atoms with van der Waals surface area (Å²) in [6.07, 6.45) is 0. The van der Waals surface area contributed by atoms with E-state index in [-0.39, 0.29) is 17.6 Å². The number of aromatic nitrogens is 1. The second-order valence-electron chi connectivity index (χ2n) is 5.67. The average molecular weight is 414 g/mol. The molecule has 0 spiro atoms. The van der Waals surface area contributed by atoms with E-state index in [2.05, 4.69) is 15.6 Å². The Kier molecular flexibility index (Phi) is 6.67. The first-order valence-electron chi connectivity index (χ1n) is 8.45. The van der Waals surface area contributed by atoms with Crippen LogP contribution in [0.5, 0.6) is 5.75 Å². The summed E-state index contributed by atoms with van der Waals surface area (Å²) in [5.41, 5.74) is 2.11. The minimum absolute atomic E-state index is 0.0784. The number of hydrogen-bond acceptors (Lipinski definition) is 6. The molecule has 0 atom stereocenters. The maximum absolute atomic E-state index is 12.7. The number of anilines is 1. The first-order valence-corrected chi connectivity index (χ1v) is 10.3. The van der Waals surface area contributed by atoms with Gasteiger partial charge in [0.25, 0.3) is 5.91 Å². The number of thioether (sulfide) groups is 1. The molecule has 0 radical (unpaired) electrons. The van der Waals surface area contributed by atoms with Gasteiger partial charge in [-0.1, -0.05) is 53.4 Å². The molecule has 3 aromatic rings. The van der Waals surface area contributed by atoms with E-state index >= 15 is 0 Å². The Morgan fingerprint density at radius 2 is 1.82 bits per heavy atom. The van der Waals surface area contributed by atoms with Gasteiger partial charge in [-0.3, -0.25) is 9.59 Å². The highest BCUT2D eigenvalue weighted by Gasteiger charge is 2.17. The molecule has 1 aromatic heterocycles. The third-order valence-corrected chi connectivity index (χ3v) is 5.95. The number of nitrogens with one attached hydrogen (secondary N) is 2. The van der Waals surface area contributed by atoms with Crippen LogP contribution in [0.2, 0.25) is 0 Å². The predicted molar refractivity (Wildman–Crippen MR) is 113 cm³/mol. The molecule has 0 aliphatic heterocycles. The van der Waals surface area contributed by atoms with E-state index in [1.165, 1.54) is 23.1 Å². The molecule has 2 amide bonds. The molecule has 2 N–H and O–H groups in total. The minimum Gasteiger partial charge on any atom is -0.497 e. The van der Waals surface area contributed by atoms with Crippen molar-refractivity contribution in [2.75, 3.05) is 25.2 Å². The van der Waals surface area contributed by atoms with E-state index < -0.39 is 0 Å². The molecular weight excluding hydrogens is 394 g/mol. The molecule has 2 aromatic carbocycles. The Hall–Kier alpha value is -2.84. The fourth-order valence-electron chi connectivity index (χ4n) is 2.36. The lowest BCUT2D eigenvalue weighted by atomic mass is 10.1. The Bertz CT molecular complexity index is 957. The summed E-state index contributed by atoms with van der Waals surface area (Å²) in [4.78, 5) is 28.8. The van der Waals surface area contributed by atoms with Gasteiger partial charge in [-0.2, -0.15) is 0 Å². The maximum atomic E-state index is 12.7. The number of carbonyl (C=O) groups is 2. The van der Waals surface area contributed by atoms with Crippen molar-refractivity contribution in [3.8, 4) is 17.0 Å². The molecule has 0 saturated heterocycles. The zero-order valence-electron chi connectivity index (χ0n) is 15.4. The lowest BCUT2D eigenvalue weighted by molar-refractivity contribution is -0.118. The van der Waals surface area contributed by atoms with Gasteiger partial charge in [0, 0.05) is 18.2 Å². The molecule has 0 unspecified atom stereocenters. The molecule has 28 heavy (non-hydrogen) atoms. The molecule has 6 nitrogen and oxygen atoms in total. The number of ether oxygens (including phenoxy) is 1. The average Bonchev–Trinajstić information content (AvgIpc) is 3.15. The largest absolute Gasteiger partial charge is 0.497 e. The van der Waals surface area contributed by atoms with Gasteiger partial charge in [0.1, 0.15) is 16.4 Å². The highest BCUT2D eigenvalue weighted by atomic mass is 32.2. The van der Waals surface area contributed by atoms with Crippen LogP contribution >= 0.6 is 23.1 Å². The molecule has 0 bridgehead atoms. The zero-order valence-corrected chi connectivity index (χ0v) is 17.0. The van der Waals surface area contributed by atoms with Crippen LogP contribution in [-0.4, -0.2) is 36.7 Å². The number of carbonyl (C=O) groups excluding carboxylic acids is 2. The van der Waals surface area contributed by atoms with Crippen LogP contribution in [0.3, 0.4) is 0 Å². The van der Waals surface area contributed by atoms with Crippen molar-refractivity contribution in [1.29, 1.82) is 0 Å². The zero-order chi connectivity index (χ0) is 19.9. The summed E-state index contributed by atoms with van der Waals surface area (Å²) < 4.78 is 5.84. The van der Waals surface area contributed by atoms with Crippen LogP contribution in [0.1, 0.15) is 10.4 Å². The highest BCUT2D eigenvalue weighted by Crippen LogP contribution is 2.37. The van der Waals surface area contributed by atoms with Crippen LogP contribution < -0.4 is 15.4 Å². The molecule has 3 rings (SSSR count). The minimum atomic E-state index is -0.230. The third-order valence-electron chi connectivity index (χ3n) is 3.84. The number of benzene rings is 2. The van der Waals surface area contributed by atoms with Crippen molar-refractivity contribution in [1.82, 2.24) is 10.3 Å². The second-order valence-corrected chi connectivity index (χ2v) is 7.89. The quantitative estimate of drug-likeness (QED) is 0.574. The van der Waals surface area contributed by atoms with Crippen LogP contribution in [0.25, 0.3) is 11.3 Å². The van der Waals surface area contributed by atoms with Crippen LogP contribution in [-0.2, 0) is 4.79 Å². The second kappa shape index (κ2) is 9.38. The molecule has 1 heterocycles. The van der Waals surface area contributed by atoms with E-state index in [9.17, 15) is 9.59 Å². The van der Waals surface area contributed by atoms with E-state index in [4.69, 9.17) is 4.74 Å². The molecule has 0 aliphatic rings. The monoisotopic (exact) mass is 413 g/mol. The summed E-state index contributed by atoms with van der Waals surface area (Å²) in [6.45, 7) is 0. The highest BCUT2D eigenvalue weighted by molar-refractivity contribution is 8.01. The first kappa shape index (κ1) is 19.9. The summed E-state index contributed by atoms with van der Waals surface area (Å²) >= 11 is 2.69. The fraction of sp³-hybridized carbons (Fsp3) is 0.150. The van der Waals surface area contributed by atoms with Crippen LogP contribution in [0.4, 0.5) is 5.00 Å². The SMILES string of the molecule is CNC(=O)CSc1nc(-c2ccccc2)c(NC(=O)c2ccc(OC)cc2)s1. The first-order chi connectivity index (χ1) is 13.6. The van der Waals surface area contributed by atoms with Gasteiger partial charge in [-0.05, 0) is 24.3 Å². The van der Waals surface area contributed by atoms with Gasteiger partial charge in [-0.25, -0.2) is 4.98 Å². The lowest BCUT2D eigenvalue weighted by Crippen LogP contribution is -2.19. The topological polar surface area (TPSA) is 80.3 Å². The number of hydrogen-bond donors (Lipinski definition) is 2. The Labute approximate surface area is 171 Å². The van der Waals surface area contributed by atoms with Crippen LogP contribution in [0, 0.1) is 0 Å². The molecule has 0 fully saturated rings. The van der Waals surface area contributed by atoms with Crippen LogP contribution in [0.15, 0.2) is 58.9 Å². The van der Waals surface area contributed by atoms with E-state index in [0.717, 1.165) is 5.56 Å². The molecule has 0 aliphatic carbocycles. The van der Waals surface area contributed by atoms with Crippen molar-refractivity contribution in [2.24, 2.45) is 0 Å². The molecule has 144 valence electrons. The van der Waals surface area contributed by atoms with E-state index in [0.29, 0.717) is 26.3 Å². The number of methoxy groups -OCH3 is 1. The lowest BCUT2D eigenvalue weighted by Gasteiger charge is -2.06. The predicted octanol–water partition coefficient (Wildman–Crippen LogP) is 3.91. The van der Waals surface area contributed by atoms with Gasteiger partial charge in [0.2, 0.25) is 5.91 Å². The van der Waals surface area contributed by atoms with Crippen molar-refractivity contribution in [3.63, 3.8) is 0 Å². The number of amides is 2. The third kappa shape index (κ3) is 4.90. The van der Waals surface area contributed by atoms with Gasteiger partial charge in [0.05, 0.1) is 12.9 Å². The van der Waals surface area contributed by atoms with Crippen molar-refractivity contribution in [3.05, 3.63) is 60.2 Å². The number of thiazole rings is 1. The normalized spacial score (nSPS) is 10.4. The standard InChI is InChI=1S/C20H19N3O3S2/c1-21-16(24)12-27-20-22-17(13-6-4-3-5-7-13)19(28-20)23-18(25)14-8-10-15(26-2)11-9-14/h3-11H,12H2,1-2H3,(H,21,24)(H,23,25). The van der Waals surface area contributed by atoms with E-state index in [1.54, 1.807) is 38.4 Å². The Morgan fingerprint density at radius 3 is 2.46 bits per heavy atom. The fourth-order valence-corrected chi connectivity index (χ4v) is 4.29. The summed E-state index contributed by atoms with van der Waals surface area (Å²) in [5.74, 6) is 0.646. The maximum Gasteiger partial charge on any atom is 0.256 e. The Balaban J connectivity index is 1.85. The number of nitrogens with zero attached hydrogens (tertiary/aromatic N) is 1.